The minimum atomic E-state index is 0. The van der Waals surface area contributed by atoms with Crippen molar-refractivity contribution in [1.82, 2.24) is 10.2 Å². The van der Waals surface area contributed by atoms with Gasteiger partial charge in [0, 0.05) is 26.2 Å². The fraction of sp³-hybridized carbons (Fsp3) is 0.600. The minimum absolute atomic E-state index is 0. The molecule has 0 unspecified atom stereocenters. The van der Waals surface area contributed by atoms with Gasteiger partial charge in [-0.2, -0.15) is 0 Å². The number of halogens is 2. The minimum Gasteiger partial charge on any atom is -0.329 e. The van der Waals surface area contributed by atoms with Gasteiger partial charge in [-0.05, 0) is 37.4 Å². The lowest BCUT2D eigenvalue weighted by Crippen LogP contribution is -2.38. The Hall–Kier alpha value is -0.320. The molecular weight excluding hydrogens is 293 g/mol. The van der Waals surface area contributed by atoms with Crippen LogP contribution in [0.2, 0.25) is 0 Å². The van der Waals surface area contributed by atoms with Crippen LogP contribution in [0.3, 0.4) is 0 Å². The van der Waals surface area contributed by atoms with Gasteiger partial charge in [-0.1, -0.05) is 30.3 Å². The first-order valence-electron chi connectivity index (χ1n) is 7.05. The van der Waals surface area contributed by atoms with E-state index >= 15 is 0 Å². The molecule has 0 aliphatic carbocycles. The van der Waals surface area contributed by atoms with Crippen LogP contribution in [-0.4, -0.2) is 37.6 Å². The van der Waals surface area contributed by atoms with Crippen LogP contribution >= 0.6 is 24.8 Å². The van der Waals surface area contributed by atoms with Crippen molar-refractivity contribution in [2.24, 2.45) is 11.7 Å². The quantitative estimate of drug-likeness (QED) is 0.845. The highest BCUT2D eigenvalue weighted by Gasteiger charge is 2.16. The van der Waals surface area contributed by atoms with Gasteiger partial charge in [0.25, 0.3) is 0 Å². The van der Waals surface area contributed by atoms with E-state index in [0.717, 1.165) is 25.6 Å². The van der Waals surface area contributed by atoms with E-state index in [0.29, 0.717) is 0 Å². The Morgan fingerprint density at radius 1 is 1.10 bits per heavy atom. The molecule has 0 atom stereocenters. The van der Waals surface area contributed by atoms with Crippen LogP contribution < -0.4 is 11.1 Å². The fourth-order valence-electron chi connectivity index (χ4n) is 2.69. The van der Waals surface area contributed by atoms with Crippen molar-refractivity contribution in [2.75, 3.05) is 32.7 Å². The molecule has 1 saturated heterocycles. The van der Waals surface area contributed by atoms with Crippen molar-refractivity contribution >= 4 is 24.8 Å². The summed E-state index contributed by atoms with van der Waals surface area (Å²) in [6, 6.07) is 10.7. The summed E-state index contributed by atoms with van der Waals surface area (Å²) in [4.78, 5) is 2.51. The zero-order valence-electron chi connectivity index (χ0n) is 12.0. The molecule has 0 bridgehead atoms. The van der Waals surface area contributed by atoms with Gasteiger partial charge < -0.3 is 11.1 Å². The second-order valence-electron chi connectivity index (χ2n) is 5.20. The summed E-state index contributed by atoms with van der Waals surface area (Å²) in [5.74, 6) is 0.835. The van der Waals surface area contributed by atoms with Crippen molar-refractivity contribution in [1.29, 1.82) is 0 Å². The van der Waals surface area contributed by atoms with Gasteiger partial charge in [-0.3, -0.25) is 4.90 Å². The maximum absolute atomic E-state index is 5.73. The standard InChI is InChI=1S/C15H25N3.2ClH/c16-8-11-18(12-14-4-2-1-3-5-14)13-15-6-9-17-10-7-15;;/h1-5,15,17H,6-13,16H2;2*1H. The van der Waals surface area contributed by atoms with Gasteiger partial charge in [0.2, 0.25) is 0 Å². The number of hydrogen-bond donors (Lipinski definition) is 2. The summed E-state index contributed by atoms with van der Waals surface area (Å²) in [7, 11) is 0. The number of rotatable bonds is 6. The van der Waals surface area contributed by atoms with E-state index in [2.05, 4.69) is 40.5 Å². The molecule has 2 rings (SSSR count). The van der Waals surface area contributed by atoms with Crippen molar-refractivity contribution in [3.05, 3.63) is 35.9 Å². The molecule has 3 nitrogen and oxygen atoms in total. The molecule has 1 fully saturated rings. The van der Waals surface area contributed by atoms with Gasteiger partial charge in [0.15, 0.2) is 0 Å². The average molecular weight is 320 g/mol. The van der Waals surface area contributed by atoms with Crippen molar-refractivity contribution < 1.29 is 0 Å². The molecule has 1 aromatic rings. The SMILES string of the molecule is Cl.Cl.NCCN(Cc1ccccc1)CC1CCNCC1. The maximum atomic E-state index is 5.73. The first kappa shape index (κ1) is 19.7. The Kier molecular flexibility index (Phi) is 11.2. The van der Waals surface area contributed by atoms with E-state index in [4.69, 9.17) is 5.73 Å². The molecule has 1 aliphatic rings. The lowest BCUT2D eigenvalue weighted by atomic mass is 9.97. The summed E-state index contributed by atoms with van der Waals surface area (Å²) in [5.41, 5.74) is 7.12. The van der Waals surface area contributed by atoms with E-state index in [1.165, 1.54) is 38.0 Å². The molecule has 3 N–H and O–H groups in total. The predicted octanol–water partition coefficient (Wildman–Crippen LogP) is 2.29. The molecule has 20 heavy (non-hydrogen) atoms. The van der Waals surface area contributed by atoms with E-state index < -0.39 is 0 Å². The first-order chi connectivity index (χ1) is 8.88. The topological polar surface area (TPSA) is 41.3 Å². The van der Waals surface area contributed by atoms with E-state index in [9.17, 15) is 0 Å². The third-order valence-corrected chi connectivity index (χ3v) is 3.67. The van der Waals surface area contributed by atoms with Gasteiger partial charge >= 0.3 is 0 Å². The first-order valence-corrected chi connectivity index (χ1v) is 7.05. The summed E-state index contributed by atoms with van der Waals surface area (Å²) < 4.78 is 0. The highest BCUT2D eigenvalue weighted by molar-refractivity contribution is 5.85. The second kappa shape index (κ2) is 11.4. The molecular formula is C15H27Cl2N3. The monoisotopic (exact) mass is 319 g/mol. The largest absolute Gasteiger partial charge is 0.329 e. The second-order valence-corrected chi connectivity index (χ2v) is 5.20. The number of piperidine rings is 1. The van der Waals surface area contributed by atoms with Crippen LogP contribution in [0.5, 0.6) is 0 Å². The van der Waals surface area contributed by atoms with Crippen LogP contribution in [0.15, 0.2) is 30.3 Å². The molecule has 1 aliphatic heterocycles. The Morgan fingerprint density at radius 2 is 1.75 bits per heavy atom. The van der Waals surface area contributed by atoms with Gasteiger partial charge in [-0.15, -0.1) is 24.8 Å². The molecule has 0 saturated carbocycles. The molecule has 0 radical (unpaired) electrons. The molecule has 5 heteroatoms. The zero-order valence-corrected chi connectivity index (χ0v) is 13.6. The molecule has 0 spiro atoms. The van der Waals surface area contributed by atoms with Crippen LogP contribution in [0.1, 0.15) is 18.4 Å². The number of nitrogens with zero attached hydrogens (tertiary/aromatic N) is 1. The normalized spacial score (nSPS) is 15.5. The summed E-state index contributed by atoms with van der Waals surface area (Å²) in [5, 5.41) is 3.43. The van der Waals surface area contributed by atoms with Crippen LogP contribution in [0, 0.1) is 5.92 Å². The Labute approximate surface area is 135 Å². The van der Waals surface area contributed by atoms with Gasteiger partial charge in [0.1, 0.15) is 0 Å². The maximum Gasteiger partial charge on any atom is 0.0234 e. The fourth-order valence-corrected chi connectivity index (χ4v) is 2.69. The smallest absolute Gasteiger partial charge is 0.0234 e. The average Bonchev–Trinajstić information content (AvgIpc) is 2.41. The summed E-state index contributed by atoms with van der Waals surface area (Å²) >= 11 is 0. The summed E-state index contributed by atoms with van der Waals surface area (Å²) in [6.07, 6.45) is 2.60. The molecule has 1 aromatic carbocycles. The van der Waals surface area contributed by atoms with E-state index in [1.807, 2.05) is 0 Å². The highest BCUT2D eigenvalue weighted by Crippen LogP contribution is 2.15. The van der Waals surface area contributed by atoms with Crippen molar-refractivity contribution in [3.8, 4) is 0 Å². The van der Waals surface area contributed by atoms with E-state index in [-0.39, 0.29) is 24.8 Å². The third-order valence-electron chi connectivity index (χ3n) is 3.67. The van der Waals surface area contributed by atoms with Crippen LogP contribution in [-0.2, 0) is 6.54 Å². The van der Waals surface area contributed by atoms with E-state index in [1.54, 1.807) is 0 Å². The summed E-state index contributed by atoms with van der Waals surface area (Å²) in [6.45, 7) is 6.31. The number of benzene rings is 1. The van der Waals surface area contributed by atoms with Gasteiger partial charge in [0.05, 0.1) is 0 Å². The molecule has 1 heterocycles. The highest BCUT2D eigenvalue weighted by atomic mass is 35.5. The van der Waals surface area contributed by atoms with Crippen LogP contribution in [0.4, 0.5) is 0 Å². The molecule has 116 valence electrons. The Bertz CT molecular complexity index is 329. The zero-order chi connectivity index (χ0) is 12.6. The van der Waals surface area contributed by atoms with Crippen molar-refractivity contribution in [2.45, 2.75) is 19.4 Å². The molecule has 0 amide bonds. The van der Waals surface area contributed by atoms with Gasteiger partial charge in [-0.25, -0.2) is 0 Å². The molecule has 0 aromatic heterocycles. The Balaban J connectivity index is 0.00000180. The lowest BCUT2D eigenvalue weighted by molar-refractivity contribution is 0.203. The third kappa shape index (κ3) is 6.91. The van der Waals surface area contributed by atoms with Crippen LogP contribution in [0.25, 0.3) is 0 Å². The number of nitrogens with two attached hydrogens (primary N) is 1. The predicted molar refractivity (Wildman–Crippen MR) is 90.9 cm³/mol. The van der Waals surface area contributed by atoms with Crippen molar-refractivity contribution in [3.63, 3.8) is 0 Å². The number of hydrogen-bond acceptors (Lipinski definition) is 3. The Morgan fingerprint density at radius 3 is 2.35 bits per heavy atom. The number of nitrogens with one attached hydrogen (secondary N) is 1. The lowest BCUT2D eigenvalue weighted by Gasteiger charge is -2.29.